The van der Waals surface area contributed by atoms with Gasteiger partial charge in [0.2, 0.25) is 5.91 Å². The van der Waals surface area contributed by atoms with Crippen molar-refractivity contribution in [3.8, 4) is 5.75 Å². The molecule has 5 rings (SSSR count). The Morgan fingerprint density at radius 1 is 1.16 bits per heavy atom. The number of thiazole rings is 1. The van der Waals surface area contributed by atoms with Crippen LogP contribution in [0.25, 0.3) is 10.2 Å². The van der Waals surface area contributed by atoms with Crippen molar-refractivity contribution in [1.82, 2.24) is 20.0 Å². The van der Waals surface area contributed by atoms with Gasteiger partial charge in [0.1, 0.15) is 5.75 Å². The molecule has 31 heavy (non-hydrogen) atoms. The number of hydrogen-bond acceptors (Lipinski definition) is 7. The first-order chi connectivity index (χ1) is 15.1. The number of rotatable bonds is 7. The summed E-state index contributed by atoms with van der Waals surface area (Å²) in [7, 11) is 0. The van der Waals surface area contributed by atoms with Crippen molar-refractivity contribution in [2.24, 2.45) is 0 Å². The van der Waals surface area contributed by atoms with Crippen molar-refractivity contribution < 1.29 is 14.1 Å². The minimum Gasteiger partial charge on any atom is -0.484 e. The third-order valence-corrected chi connectivity index (χ3v) is 6.45. The number of amides is 1. The number of fused-ring (bicyclic) bond motifs is 1. The molecule has 2 aromatic carbocycles. The lowest BCUT2D eigenvalue weighted by Gasteiger charge is -2.37. The van der Waals surface area contributed by atoms with Gasteiger partial charge in [-0.15, -0.1) is 11.3 Å². The van der Waals surface area contributed by atoms with Gasteiger partial charge in [-0.1, -0.05) is 35.0 Å². The smallest absolute Gasteiger partial charge is 0.264 e. The predicted molar refractivity (Wildman–Crippen MR) is 117 cm³/mol. The van der Waals surface area contributed by atoms with E-state index in [0.717, 1.165) is 21.0 Å². The number of likely N-dealkylation sites (tertiary alicyclic amines) is 1. The average molecular weight is 435 g/mol. The molecule has 1 saturated heterocycles. The Morgan fingerprint density at radius 3 is 2.77 bits per heavy atom. The fourth-order valence-electron chi connectivity index (χ4n) is 3.52. The first-order valence-corrected chi connectivity index (χ1v) is 11.1. The van der Waals surface area contributed by atoms with Gasteiger partial charge in [-0.05, 0) is 31.2 Å². The highest BCUT2D eigenvalue weighted by Crippen LogP contribution is 2.27. The summed E-state index contributed by atoms with van der Waals surface area (Å²) in [6.45, 7) is 3.50. The molecule has 1 aliphatic heterocycles. The maximum absolute atomic E-state index is 12.5. The quantitative estimate of drug-likeness (QED) is 0.435. The molecule has 4 aromatic rings. The molecule has 0 radical (unpaired) electrons. The highest BCUT2D eigenvalue weighted by molar-refractivity contribution is 7.18. The van der Waals surface area contributed by atoms with E-state index in [9.17, 15) is 4.79 Å². The minimum atomic E-state index is 0.114. The molecular formula is C23H22N4O3S. The van der Waals surface area contributed by atoms with Crippen molar-refractivity contribution in [3.05, 3.63) is 70.8 Å². The van der Waals surface area contributed by atoms with Crippen molar-refractivity contribution in [3.63, 3.8) is 0 Å². The Labute approximate surface area is 183 Å². The molecule has 0 atom stereocenters. The number of carbonyl (C=O) groups excluding carboxylic acids is 1. The van der Waals surface area contributed by atoms with Crippen LogP contribution in [0.15, 0.2) is 53.1 Å². The molecule has 0 spiro atoms. The monoisotopic (exact) mass is 434 g/mol. The van der Waals surface area contributed by atoms with Crippen LogP contribution in [-0.4, -0.2) is 39.0 Å². The van der Waals surface area contributed by atoms with Gasteiger partial charge >= 0.3 is 0 Å². The normalized spacial score (nSPS) is 14.0. The zero-order valence-corrected chi connectivity index (χ0v) is 18.0. The highest BCUT2D eigenvalue weighted by atomic mass is 32.1. The lowest BCUT2D eigenvalue weighted by atomic mass is 9.99. The number of hydrogen-bond donors (Lipinski definition) is 0. The van der Waals surface area contributed by atoms with Gasteiger partial charge in [-0.2, -0.15) is 4.98 Å². The molecule has 0 aliphatic carbocycles. The molecule has 2 aromatic heterocycles. The minimum absolute atomic E-state index is 0.114. The molecule has 1 aliphatic rings. The Hall–Kier alpha value is -3.26. The number of aryl methyl sites for hydroxylation is 2. The fraction of sp³-hybridized carbons (Fsp3) is 0.304. The van der Waals surface area contributed by atoms with Crippen LogP contribution in [0.5, 0.6) is 5.75 Å². The maximum Gasteiger partial charge on any atom is 0.264 e. The van der Waals surface area contributed by atoms with E-state index in [1.54, 1.807) is 11.3 Å². The zero-order chi connectivity index (χ0) is 21.2. The molecule has 3 heterocycles. The van der Waals surface area contributed by atoms with Gasteiger partial charge in [0.05, 0.1) is 21.1 Å². The molecule has 0 N–H and O–H groups in total. The van der Waals surface area contributed by atoms with Crippen LogP contribution in [0.4, 0.5) is 0 Å². The standard InChI is InChI=1S/C23H22N4O3S/c1-15-6-8-17(9-7-15)29-14-20-25-23(26-30-20)16-12-27(13-16)22(28)11-10-21-24-18-4-2-3-5-19(18)31-21/h2-9,16H,10-14H2,1H3. The van der Waals surface area contributed by atoms with E-state index >= 15 is 0 Å². The Balaban J connectivity index is 1.08. The molecule has 7 nitrogen and oxygen atoms in total. The largest absolute Gasteiger partial charge is 0.484 e. The zero-order valence-electron chi connectivity index (χ0n) is 17.2. The maximum atomic E-state index is 12.5. The molecule has 8 heteroatoms. The van der Waals surface area contributed by atoms with Crippen LogP contribution in [0.1, 0.15) is 34.6 Å². The van der Waals surface area contributed by atoms with Crippen LogP contribution >= 0.6 is 11.3 Å². The van der Waals surface area contributed by atoms with Crippen molar-refractivity contribution in [1.29, 1.82) is 0 Å². The lowest BCUT2D eigenvalue weighted by Crippen LogP contribution is -2.48. The molecule has 1 fully saturated rings. The van der Waals surface area contributed by atoms with E-state index in [1.165, 1.54) is 5.56 Å². The molecule has 0 bridgehead atoms. The third-order valence-electron chi connectivity index (χ3n) is 5.36. The summed E-state index contributed by atoms with van der Waals surface area (Å²) >= 11 is 1.65. The molecule has 158 valence electrons. The van der Waals surface area contributed by atoms with Gasteiger partial charge in [0, 0.05) is 25.9 Å². The van der Waals surface area contributed by atoms with Crippen LogP contribution in [0.3, 0.4) is 0 Å². The van der Waals surface area contributed by atoms with E-state index in [4.69, 9.17) is 9.26 Å². The van der Waals surface area contributed by atoms with E-state index < -0.39 is 0 Å². The number of aromatic nitrogens is 3. The van der Waals surface area contributed by atoms with Gasteiger partial charge in [-0.25, -0.2) is 4.98 Å². The van der Waals surface area contributed by atoms with Gasteiger partial charge in [-0.3, -0.25) is 4.79 Å². The number of benzene rings is 2. The highest BCUT2D eigenvalue weighted by Gasteiger charge is 2.34. The topological polar surface area (TPSA) is 81.4 Å². The average Bonchev–Trinajstić information content (AvgIpc) is 3.37. The van der Waals surface area contributed by atoms with Crippen LogP contribution < -0.4 is 4.74 Å². The van der Waals surface area contributed by atoms with Crippen LogP contribution in [-0.2, 0) is 17.8 Å². The van der Waals surface area contributed by atoms with E-state index in [-0.39, 0.29) is 18.4 Å². The molecule has 1 amide bonds. The summed E-state index contributed by atoms with van der Waals surface area (Å²) in [5.41, 5.74) is 2.18. The van der Waals surface area contributed by atoms with Crippen LogP contribution in [0.2, 0.25) is 0 Å². The SMILES string of the molecule is Cc1ccc(OCc2nc(C3CN(C(=O)CCc4nc5ccccc5s4)C3)no2)cc1. The van der Waals surface area contributed by atoms with Gasteiger partial charge in [0.15, 0.2) is 12.4 Å². The second-order valence-corrected chi connectivity index (χ2v) is 8.83. The van der Waals surface area contributed by atoms with E-state index in [0.29, 0.717) is 37.6 Å². The number of nitrogens with zero attached hydrogens (tertiary/aromatic N) is 4. The summed E-state index contributed by atoms with van der Waals surface area (Å²) in [6.07, 6.45) is 1.14. The molecule has 0 unspecified atom stereocenters. The number of carbonyl (C=O) groups is 1. The van der Waals surface area contributed by atoms with Gasteiger partial charge in [0.25, 0.3) is 5.89 Å². The summed E-state index contributed by atoms with van der Waals surface area (Å²) < 4.78 is 12.1. The fourth-order valence-corrected chi connectivity index (χ4v) is 4.48. The van der Waals surface area contributed by atoms with Crippen molar-refractivity contribution >= 4 is 27.5 Å². The van der Waals surface area contributed by atoms with Crippen molar-refractivity contribution in [2.45, 2.75) is 32.3 Å². The second-order valence-electron chi connectivity index (χ2n) is 7.72. The van der Waals surface area contributed by atoms with E-state index in [1.807, 2.05) is 54.3 Å². The Bertz CT molecular complexity index is 1160. The van der Waals surface area contributed by atoms with Crippen LogP contribution in [0, 0.1) is 6.92 Å². The second kappa shape index (κ2) is 8.47. The van der Waals surface area contributed by atoms with E-state index in [2.05, 4.69) is 21.2 Å². The molecule has 0 saturated carbocycles. The lowest BCUT2D eigenvalue weighted by molar-refractivity contribution is -0.135. The summed E-state index contributed by atoms with van der Waals surface area (Å²) in [6, 6.07) is 15.9. The third kappa shape index (κ3) is 4.44. The van der Waals surface area contributed by atoms with Crippen molar-refractivity contribution in [2.75, 3.05) is 13.1 Å². The number of ether oxygens (including phenoxy) is 1. The first-order valence-electron chi connectivity index (χ1n) is 10.3. The summed E-state index contributed by atoms with van der Waals surface area (Å²) in [5, 5.41) is 5.07. The first kappa shape index (κ1) is 19.7. The Morgan fingerprint density at radius 2 is 1.97 bits per heavy atom. The summed E-state index contributed by atoms with van der Waals surface area (Å²) in [5.74, 6) is 2.10. The predicted octanol–water partition coefficient (Wildman–Crippen LogP) is 4.13. The number of para-hydroxylation sites is 1. The van der Waals surface area contributed by atoms with Gasteiger partial charge < -0.3 is 14.2 Å². The summed E-state index contributed by atoms with van der Waals surface area (Å²) in [4.78, 5) is 23.4. The Kier molecular flexibility index (Phi) is 5.38. The molecular weight excluding hydrogens is 412 g/mol.